The lowest BCUT2D eigenvalue weighted by atomic mass is 10.2. The van der Waals surface area contributed by atoms with Crippen molar-refractivity contribution in [2.24, 2.45) is 0 Å². The van der Waals surface area contributed by atoms with Crippen LogP contribution in [0, 0.1) is 0 Å². The summed E-state index contributed by atoms with van der Waals surface area (Å²) in [5.74, 6) is -0.736. The van der Waals surface area contributed by atoms with E-state index in [9.17, 15) is 19.2 Å². The highest BCUT2D eigenvalue weighted by atomic mass is 16.7. The van der Waals surface area contributed by atoms with E-state index in [1.807, 2.05) is 0 Å². The predicted octanol–water partition coefficient (Wildman–Crippen LogP) is 0.756. The van der Waals surface area contributed by atoms with Crippen LogP contribution in [0.25, 0.3) is 0 Å². The van der Waals surface area contributed by atoms with Gasteiger partial charge in [-0.05, 0) is 19.3 Å². The molecule has 1 aliphatic heterocycles. The second kappa shape index (κ2) is 8.08. The third-order valence-electron chi connectivity index (χ3n) is 2.90. The predicted molar refractivity (Wildman–Crippen MR) is 68.6 cm³/mol. The number of hydrogen-bond donors (Lipinski definition) is 0. The molecule has 1 aliphatic rings. The van der Waals surface area contributed by atoms with Gasteiger partial charge in [-0.15, -0.1) is 5.06 Å². The molecule has 3 amide bonds. The van der Waals surface area contributed by atoms with E-state index < -0.39 is 5.97 Å². The molecule has 0 spiro atoms. The smallest absolute Gasteiger partial charge is 0.333 e. The average molecular weight is 282 g/mol. The molecule has 0 saturated carbocycles. The van der Waals surface area contributed by atoms with Gasteiger partial charge in [-0.3, -0.25) is 19.3 Å². The monoisotopic (exact) mass is 282 g/mol. The lowest BCUT2D eigenvalue weighted by molar-refractivity contribution is -0.186. The maximum Gasteiger partial charge on any atom is 0.333 e. The third-order valence-corrected chi connectivity index (χ3v) is 2.90. The van der Waals surface area contributed by atoms with Crippen LogP contribution in [0.2, 0.25) is 0 Å². The largest absolute Gasteiger partial charge is 0.334 e. The summed E-state index contributed by atoms with van der Waals surface area (Å²) in [4.78, 5) is 49.5. The van der Waals surface area contributed by atoms with Crippen LogP contribution in [-0.4, -0.2) is 41.2 Å². The summed E-state index contributed by atoms with van der Waals surface area (Å²) < 4.78 is 0. The first kappa shape index (κ1) is 15.9. The number of hydroxylamine groups is 2. The van der Waals surface area contributed by atoms with Gasteiger partial charge in [0.2, 0.25) is 12.8 Å². The number of imide groups is 1. The molecule has 0 aliphatic carbocycles. The Morgan fingerprint density at radius 3 is 2.50 bits per heavy atom. The summed E-state index contributed by atoms with van der Waals surface area (Å²) in [6.07, 6.45) is 3.82. The second-order valence-corrected chi connectivity index (χ2v) is 4.48. The fraction of sp³-hybridized carbons (Fsp3) is 0.538. The summed E-state index contributed by atoms with van der Waals surface area (Å²) in [7, 11) is 0. The van der Waals surface area contributed by atoms with E-state index in [0.29, 0.717) is 57.2 Å². The van der Waals surface area contributed by atoms with Gasteiger partial charge in [-0.25, -0.2) is 4.79 Å². The second-order valence-electron chi connectivity index (χ2n) is 4.48. The van der Waals surface area contributed by atoms with E-state index in [-0.39, 0.29) is 12.3 Å². The van der Waals surface area contributed by atoms with Crippen molar-refractivity contribution < 1.29 is 24.0 Å². The molecular weight excluding hydrogens is 264 g/mol. The van der Waals surface area contributed by atoms with Crippen LogP contribution in [0.15, 0.2) is 12.3 Å². The number of rotatable bonds is 9. The zero-order chi connectivity index (χ0) is 15.0. The Morgan fingerprint density at radius 2 is 1.95 bits per heavy atom. The molecule has 1 rings (SSSR count). The number of hydrogen-bond acceptors (Lipinski definition) is 5. The van der Waals surface area contributed by atoms with Gasteiger partial charge in [0.1, 0.15) is 0 Å². The summed E-state index contributed by atoms with van der Waals surface area (Å²) >= 11 is 0. The van der Waals surface area contributed by atoms with Crippen molar-refractivity contribution in [3.05, 3.63) is 12.3 Å². The van der Waals surface area contributed by atoms with Crippen LogP contribution in [0.5, 0.6) is 0 Å². The Kier molecular flexibility index (Phi) is 6.42. The number of unbranched alkanes of at least 4 members (excludes halogenated alkanes) is 2. The molecule has 1 heterocycles. The minimum Gasteiger partial charge on any atom is -0.334 e. The normalized spacial score (nSPS) is 14.3. The molecule has 110 valence electrons. The number of allylic oxidation sites excluding steroid dienone is 1. The highest BCUT2D eigenvalue weighted by Gasteiger charge is 2.27. The van der Waals surface area contributed by atoms with E-state index in [4.69, 9.17) is 4.84 Å². The molecule has 1 fully saturated rings. The highest BCUT2D eigenvalue weighted by Crippen LogP contribution is 2.21. The standard InChI is InChI=1S/C13H18N2O5/c1-11-6-7-12(18)15(11)20-13(19)5-3-2-4-8-14(9-16)10-17/h9-10H,1-8H2. The molecule has 1 saturated heterocycles. The van der Waals surface area contributed by atoms with Crippen LogP contribution in [0.1, 0.15) is 38.5 Å². The fourth-order valence-corrected chi connectivity index (χ4v) is 1.76. The van der Waals surface area contributed by atoms with Gasteiger partial charge in [-0.2, -0.15) is 0 Å². The first-order valence-corrected chi connectivity index (χ1v) is 6.46. The quantitative estimate of drug-likeness (QED) is 0.460. The summed E-state index contributed by atoms with van der Waals surface area (Å²) in [6, 6.07) is 0. The van der Waals surface area contributed by atoms with E-state index in [1.165, 1.54) is 0 Å². The molecule has 7 nitrogen and oxygen atoms in total. The molecule has 0 aromatic rings. The molecule has 0 atom stereocenters. The van der Waals surface area contributed by atoms with Crippen LogP contribution in [-0.2, 0) is 24.0 Å². The summed E-state index contributed by atoms with van der Waals surface area (Å²) in [5.41, 5.74) is 0.496. The van der Waals surface area contributed by atoms with Gasteiger partial charge in [0, 0.05) is 19.4 Å². The maximum atomic E-state index is 11.5. The maximum absolute atomic E-state index is 11.5. The highest BCUT2D eigenvalue weighted by molar-refractivity contribution is 5.82. The van der Waals surface area contributed by atoms with Gasteiger partial charge in [0.05, 0.1) is 5.70 Å². The van der Waals surface area contributed by atoms with Gasteiger partial charge in [0.15, 0.2) is 0 Å². The van der Waals surface area contributed by atoms with Crippen molar-refractivity contribution in [1.82, 2.24) is 9.96 Å². The van der Waals surface area contributed by atoms with Crippen LogP contribution in [0.4, 0.5) is 0 Å². The van der Waals surface area contributed by atoms with Crippen LogP contribution >= 0.6 is 0 Å². The van der Waals surface area contributed by atoms with Gasteiger partial charge in [-0.1, -0.05) is 13.0 Å². The summed E-state index contributed by atoms with van der Waals surface area (Å²) in [6.45, 7) is 3.98. The molecule has 0 aromatic carbocycles. The fourth-order valence-electron chi connectivity index (χ4n) is 1.76. The number of carbonyl (C=O) groups is 4. The first-order valence-electron chi connectivity index (χ1n) is 6.46. The Labute approximate surface area is 117 Å². The van der Waals surface area contributed by atoms with E-state index in [0.717, 1.165) is 9.96 Å². The Hall–Kier alpha value is -2.18. The minimum absolute atomic E-state index is 0.180. The van der Waals surface area contributed by atoms with Gasteiger partial charge >= 0.3 is 5.97 Å². The molecular formula is C13H18N2O5. The van der Waals surface area contributed by atoms with E-state index in [2.05, 4.69) is 6.58 Å². The zero-order valence-corrected chi connectivity index (χ0v) is 11.2. The number of amides is 3. The van der Waals surface area contributed by atoms with E-state index >= 15 is 0 Å². The SMILES string of the molecule is C=C1CCC(=O)N1OC(=O)CCCCCN(C=O)C=O. The molecule has 20 heavy (non-hydrogen) atoms. The average Bonchev–Trinajstić information content (AvgIpc) is 2.74. The zero-order valence-electron chi connectivity index (χ0n) is 11.2. The molecule has 0 radical (unpaired) electrons. The molecule has 0 unspecified atom stereocenters. The third kappa shape index (κ3) is 4.83. The van der Waals surface area contributed by atoms with E-state index in [1.54, 1.807) is 0 Å². The van der Waals surface area contributed by atoms with Crippen molar-refractivity contribution in [1.29, 1.82) is 0 Å². The van der Waals surface area contributed by atoms with Crippen molar-refractivity contribution >= 4 is 24.7 Å². The molecule has 0 bridgehead atoms. The topological polar surface area (TPSA) is 84.0 Å². The summed E-state index contributed by atoms with van der Waals surface area (Å²) in [5, 5.41) is 0.961. The number of nitrogens with zero attached hydrogens (tertiary/aromatic N) is 2. The Balaban J connectivity index is 2.14. The Morgan fingerprint density at radius 1 is 1.25 bits per heavy atom. The minimum atomic E-state index is -0.482. The Bertz CT molecular complexity index is 384. The first-order chi connectivity index (χ1) is 9.58. The van der Waals surface area contributed by atoms with Crippen molar-refractivity contribution in [2.75, 3.05) is 6.54 Å². The lowest BCUT2D eigenvalue weighted by Crippen LogP contribution is -2.26. The van der Waals surface area contributed by atoms with Gasteiger partial charge in [0.25, 0.3) is 5.91 Å². The van der Waals surface area contributed by atoms with Crippen molar-refractivity contribution in [2.45, 2.75) is 38.5 Å². The molecule has 7 heteroatoms. The number of carbonyl (C=O) groups excluding carboxylic acids is 4. The van der Waals surface area contributed by atoms with Crippen LogP contribution < -0.4 is 0 Å². The van der Waals surface area contributed by atoms with Crippen LogP contribution in [0.3, 0.4) is 0 Å². The van der Waals surface area contributed by atoms with Crippen molar-refractivity contribution in [3.63, 3.8) is 0 Å². The molecule has 0 N–H and O–H groups in total. The van der Waals surface area contributed by atoms with Gasteiger partial charge < -0.3 is 4.84 Å². The van der Waals surface area contributed by atoms with Crippen molar-refractivity contribution in [3.8, 4) is 0 Å². The molecule has 0 aromatic heterocycles. The lowest BCUT2D eigenvalue weighted by Gasteiger charge is -2.15.